The van der Waals surface area contributed by atoms with Crippen molar-refractivity contribution in [1.29, 1.82) is 0 Å². The first kappa shape index (κ1) is 33.1. The smallest absolute Gasteiger partial charge is 0.410 e. The van der Waals surface area contributed by atoms with Gasteiger partial charge in [0.2, 0.25) is 5.91 Å². The van der Waals surface area contributed by atoms with E-state index in [2.05, 4.69) is 0 Å². The monoisotopic (exact) mass is 611 g/mol. The van der Waals surface area contributed by atoms with E-state index in [0.29, 0.717) is 12.4 Å². The van der Waals surface area contributed by atoms with Gasteiger partial charge in [0.25, 0.3) is 0 Å². The van der Waals surface area contributed by atoms with Crippen LogP contribution in [0.25, 0.3) is 11.3 Å². The molecule has 2 heterocycles. The lowest BCUT2D eigenvalue weighted by atomic mass is 9.84. The number of benzene rings is 2. The fourth-order valence-corrected chi connectivity index (χ4v) is 5.63. The Balaban J connectivity index is 1.77. The quantitative estimate of drug-likeness (QED) is 0.372. The Labute approximate surface area is 257 Å². The van der Waals surface area contributed by atoms with E-state index in [1.165, 1.54) is 4.90 Å². The molecule has 3 N–H and O–H groups in total. The molecule has 3 atom stereocenters. The summed E-state index contributed by atoms with van der Waals surface area (Å²) in [5.41, 5.74) is 6.35. The van der Waals surface area contributed by atoms with E-state index in [1.54, 1.807) is 31.9 Å². The highest BCUT2D eigenvalue weighted by Gasteiger charge is 2.42. The van der Waals surface area contributed by atoms with Crippen LogP contribution in [0.1, 0.15) is 59.0 Å². The third-order valence-corrected chi connectivity index (χ3v) is 7.61. The Kier molecular flexibility index (Phi) is 9.80. The summed E-state index contributed by atoms with van der Waals surface area (Å²) in [5, 5.41) is 10.1. The van der Waals surface area contributed by atoms with E-state index >= 15 is 0 Å². The molecule has 1 aliphatic heterocycles. The molecular formula is C33H43F2N5O4. The second-order valence-electron chi connectivity index (χ2n) is 13.5. The molecular weight excluding hydrogens is 568 g/mol. The molecule has 9 nitrogen and oxygen atoms in total. The van der Waals surface area contributed by atoms with Crippen molar-refractivity contribution in [1.82, 2.24) is 19.4 Å². The summed E-state index contributed by atoms with van der Waals surface area (Å²) < 4.78 is 36.6. The molecule has 2 amide bonds. The first-order valence-electron chi connectivity index (χ1n) is 14.8. The van der Waals surface area contributed by atoms with Crippen molar-refractivity contribution in [3.8, 4) is 11.3 Å². The van der Waals surface area contributed by atoms with Gasteiger partial charge in [-0.3, -0.25) is 4.79 Å². The minimum absolute atomic E-state index is 0.00317. The van der Waals surface area contributed by atoms with Gasteiger partial charge in [0.1, 0.15) is 29.7 Å². The van der Waals surface area contributed by atoms with Crippen LogP contribution in [0.5, 0.6) is 0 Å². The third-order valence-electron chi connectivity index (χ3n) is 7.61. The molecule has 44 heavy (non-hydrogen) atoms. The minimum Gasteiger partial charge on any atom is -0.444 e. The van der Waals surface area contributed by atoms with Crippen molar-refractivity contribution in [3.05, 3.63) is 77.8 Å². The molecule has 11 heteroatoms. The first-order chi connectivity index (χ1) is 20.6. The van der Waals surface area contributed by atoms with Crippen molar-refractivity contribution in [2.45, 2.75) is 65.8 Å². The van der Waals surface area contributed by atoms with E-state index < -0.39 is 53.3 Å². The van der Waals surface area contributed by atoms with E-state index in [0.717, 1.165) is 23.8 Å². The molecule has 1 fully saturated rings. The van der Waals surface area contributed by atoms with Crippen molar-refractivity contribution in [2.75, 3.05) is 26.2 Å². The highest BCUT2D eigenvalue weighted by Crippen LogP contribution is 2.40. The zero-order valence-corrected chi connectivity index (χ0v) is 26.3. The molecule has 0 radical (unpaired) electrons. The average Bonchev–Trinajstić information content (AvgIpc) is 3.51. The van der Waals surface area contributed by atoms with Crippen molar-refractivity contribution >= 4 is 12.0 Å². The summed E-state index contributed by atoms with van der Waals surface area (Å²) in [7, 11) is 0. The lowest BCUT2D eigenvalue weighted by Crippen LogP contribution is -2.48. The van der Waals surface area contributed by atoms with Gasteiger partial charge in [-0.1, -0.05) is 51.1 Å². The Bertz CT molecular complexity index is 1470. The Morgan fingerprint density at radius 1 is 1.09 bits per heavy atom. The summed E-state index contributed by atoms with van der Waals surface area (Å²) in [6, 6.07) is 11.6. The molecule has 0 spiro atoms. The Hall–Kier alpha value is -3.83. The average molecular weight is 612 g/mol. The topological polar surface area (TPSA) is 114 Å². The van der Waals surface area contributed by atoms with Crippen molar-refractivity contribution < 1.29 is 28.2 Å². The summed E-state index contributed by atoms with van der Waals surface area (Å²) in [6.07, 6.45) is 1.18. The predicted octanol–water partition coefficient (Wildman–Crippen LogP) is 4.98. The van der Waals surface area contributed by atoms with Crippen molar-refractivity contribution in [3.63, 3.8) is 0 Å². The lowest BCUT2D eigenvalue weighted by molar-refractivity contribution is -0.140. The van der Waals surface area contributed by atoms with Gasteiger partial charge >= 0.3 is 6.09 Å². The number of amides is 2. The highest BCUT2D eigenvalue weighted by atomic mass is 19.1. The number of nitrogens with two attached hydrogens (primary N) is 1. The van der Waals surface area contributed by atoms with Gasteiger partial charge < -0.3 is 29.9 Å². The van der Waals surface area contributed by atoms with Gasteiger partial charge in [-0.05, 0) is 49.9 Å². The lowest BCUT2D eigenvalue weighted by Gasteiger charge is -2.41. The number of aliphatic hydroxyl groups excluding tert-OH is 1. The molecule has 1 aromatic heterocycles. The number of ether oxygens (including phenoxy) is 1. The number of carbonyl (C=O) groups is 2. The number of rotatable bonds is 8. The number of carbonyl (C=O) groups excluding carboxylic acids is 2. The Morgan fingerprint density at radius 3 is 2.39 bits per heavy atom. The number of nitrogens with zero attached hydrogens (tertiary/aromatic N) is 4. The molecule has 1 aliphatic rings. The largest absolute Gasteiger partial charge is 0.444 e. The zero-order chi connectivity index (χ0) is 32.4. The van der Waals surface area contributed by atoms with Crippen LogP contribution in [0.15, 0.2) is 54.7 Å². The van der Waals surface area contributed by atoms with Crippen LogP contribution in [-0.4, -0.2) is 74.3 Å². The summed E-state index contributed by atoms with van der Waals surface area (Å²) in [4.78, 5) is 34.2. The van der Waals surface area contributed by atoms with Crippen LogP contribution < -0.4 is 5.73 Å². The fourth-order valence-electron chi connectivity index (χ4n) is 5.63. The molecule has 4 rings (SSSR count). The van der Waals surface area contributed by atoms with Gasteiger partial charge in [-0.2, -0.15) is 0 Å². The molecule has 2 aromatic carbocycles. The van der Waals surface area contributed by atoms with E-state index in [1.807, 2.05) is 55.7 Å². The summed E-state index contributed by atoms with van der Waals surface area (Å²) in [5.74, 6) is -1.65. The van der Waals surface area contributed by atoms with Crippen LogP contribution in [0.3, 0.4) is 0 Å². The van der Waals surface area contributed by atoms with Gasteiger partial charge in [-0.25, -0.2) is 18.6 Å². The maximum absolute atomic E-state index is 14.9. The molecule has 0 bridgehead atoms. The number of aliphatic hydroxyl groups is 1. The standard InChI is InChI=1S/C33H43F2N5O4/c1-32(2,3)29(40(28(42)20-41)17-22-16-39(18-26(22)36)31(43)44-33(4,5)6)30-37-27(24-14-23(34)12-13-25(24)35)19-38(30)15-21-10-8-7-9-11-21/h7-14,19,22,26,29,41H,15-18,20,36H2,1-6H3. The number of halogens is 2. The number of likely N-dealkylation sites (tertiary alicyclic amines) is 1. The molecule has 238 valence electrons. The van der Waals surface area contributed by atoms with Crippen LogP contribution in [0.2, 0.25) is 0 Å². The van der Waals surface area contributed by atoms with E-state index in [9.17, 15) is 23.5 Å². The van der Waals surface area contributed by atoms with E-state index in [4.69, 9.17) is 15.5 Å². The molecule has 3 aromatic rings. The SMILES string of the molecule is CC(C)(C)OC(=O)N1CC(N)C(CN(C(=O)CO)C(c2nc(-c3cc(F)ccc3F)cn2Cc2ccccc2)C(C)(C)C)C1. The molecule has 3 unspecified atom stereocenters. The van der Waals surface area contributed by atoms with Crippen LogP contribution >= 0.6 is 0 Å². The van der Waals surface area contributed by atoms with Gasteiger partial charge in [0.05, 0.1) is 11.7 Å². The number of hydrogen-bond acceptors (Lipinski definition) is 6. The number of aromatic nitrogens is 2. The normalized spacial score (nSPS) is 17.9. The first-order valence-corrected chi connectivity index (χ1v) is 14.8. The van der Waals surface area contributed by atoms with E-state index in [-0.39, 0.29) is 36.8 Å². The maximum Gasteiger partial charge on any atom is 0.410 e. The number of imidazole rings is 1. The van der Waals surface area contributed by atoms with Crippen LogP contribution in [0, 0.1) is 23.0 Å². The summed E-state index contributed by atoms with van der Waals surface area (Å²) in [6.45, 7) is 11.4. The predicted molar refractivity (Wildman–Crippen MR) is 163 cm³/mol. The molecule has 1 saturated heterocycles. The maximum atomic E-state index is 14.9. The highest BCUT2D eigenvalue weighted by molar-refractivity contribution is 5.78. The molecule has 0 saturated carbocycles. The fraction of sp³-hybridized carbons (Fsp3) is 0.485. The second-order valence-corrected chi connectivity index (χ2v) is 13.5. The minimum atomic E-state index is -0.755. The van der Waals surface area contributed by atoms with Crippen LogP contribution in [0.4, 0.5) is 13.6 Å². The Morgan fingerprint density at radius 2 is 1.77 bits per heavy atom. The van der Waals surface area contributed by atoms with Gasteiger partial charge in [0, 0.05) is 49.9 Å². The van der Waals surface area contributed by atoms with Gasteiger partial charge in [0.15, 0.2) is 0 Å². The zero-order valence-electron chi connectivity index (χ0n) is 26.3. The second kappa shape index (κ2) is 13.0. The van der Waals surface area contributed by atoms with Gasteiger partial charge in [-0.15, -0.1) is 0 Å². The number of hydrogen-bond donors (Lipinski definition) is 2. The van der Waals surface area contributed by atoms with Crippen molar-refractivity contribution in [2.24, 2.45) is 17.1 Å². The van der Waals surface area contributed by atoms with Crippen LogP contribution in [-0.2, 0) is 16.1 Å². The molecule has 0 aliphatic carbocycles. The summed E-state index contributed by atoms with van der Waals surface area (Å²) >= 11 is 0. The third kappa shape index (κ3) is 7.81.